The number of nitrogens with zero attached hydrogens (tertiary/aromatic N) is 3. The highest BCUT2D eigenvalue weighted by Crippen LogP contribution is 2.35. The number of non-ortho nitro benzene ring substituents is 1. The van der Waals surface area contributed by atoms with Gasteiger partial charge in [0.1, 0.15) is 0 Å². The van der Waals surface area contributed by atoms with Gasteiger partial charge < -0.3 is 10.2 Å². The summed E-state index contributed by atoms with van der Waals surface area (Å²) in [6.07, 6.45) is 4.25. The molecule has 6 nitrogen and oxygen atoms in total. The molecule has 3 aromatic rings. The number of anilines is 3. The average molecular weight is 320 g/mol. The lowest BCUT2D eigenvalue weighted by Crippen LogP contribution is -2.12. The van der Waals surface area contributed by atoms with E-state index in [1.165, 1.54) is 23.5 Å². The number of hydrogen-bond acceptors (Lipinski definition) is 5. The number of nitro groups is 1. The van der Waals surface area contributed by atoms with Gasteiger partial charge in [-0.15, -0.1) is 0 Å². The van der Waals surface area contributed by atoms with Crippen molar-refractivity contribution < 1.29 is 4.92 Å². The molecule has 0 fully saturated rings. The van der Waals surface area contributed by atoms with E-state index in [4.69, 9.17) is 0 Å². The Kier molecular flexibility index (Phi) is 3.30. The number of aromatic nitrogens is 1. The molecule has 1 aromatic heterocycles. The summed E-state index contributed by atoms with van der Waals surface area (Å²) in [6, 6.07) is 11.4. The molecular formula is C18H16N4O2. The van der Waals surface area contributed by atoms with Gasteiger partial charge in [-0.1, -0.05) is 6.07 Å². The summed E-state index contributed by atoms with van der Waals surface area (Å²) in [5.41, 5.74) is 4.44. The number of rotatable bonds is 3. The second-order valence-corrected chi connectivity index (χ2v) is 5.95. The molecule has 0 amide bonds. The van der Waals surface area contributed by atoms with E-state index in [9.17, 15) is 10.1 Å². The van der Waals surface area contributed by atoms with E-state index in [-0.39, 0.29) is 10.6 Å². The van der Waals surface area contributed by atoms with Crippen LogP contribution in [0.2, 0.25) is 0 Å². The molecule has 0 bridgehead atoms. The molecule has 24 heavy (non-hydrogen) atoms. The van der Waals surface area contributed by atoms with Crippen LogP contribution in [-0.2, 0) is 6.42 Å². The first-order valence-electron chi connectivity index (χ1n) is 7.76. The summed E-state index contributed by atoms with van der Waals surface area (Å²) in [5.74, 6) is 0. The fourth-order valence-corrected chi connectivity index (χ4v) is 3.22. The van der Waals surface area contributed by atoms with Crippen LogP contribution in [0.5, 0.6) is 0 Å². The van der Waals surface area contributed by atoms with Crippen molar-refractivity contribution in [3.05, 3.63) is 64.5 Å². The molecule has 0 atom stereocenters. The van der Waals surface area contributed by atoms with Gasteiger partial charge in [0, 0.05) is 54.5 Å². The Labute approximate surface area is 138 Å². The molecule has 1 aliphatic heterocycles. The van der Waals surface area contributed by atoms with Gasteiger partial charge in [0.25, 0.3) is 5.69 Å². The number of pyridine rings is 1. The molecule has 1 aliphatic rings. The Hall–Kier alpha value is -3.15. The van der Waals surface area contributed by atoms with Crippen molar-refractivity contribution >= 4 is 33.5 Å². The zero-order valence-electron chi connectivity index (χ0n) is 13.2. The van der Waals surface area contributed by atoms with Gasteiger partial charge in [0.05, 0.1) is 10.3 Å². The quantitative estimate of drug-likeness (QED) is 0.586. The van der Waals surface area contributed by atoms with E-state index >= 15 is 0 Å². The van der Waals surface area contributed by atoms with Gasteiger partial charge in [-0.25, -0.2) is 0 Å². The first kappa shape index (κ1) is 14.4. The van der Waals surface area contributed by atoms with Gasteiger partial charge in [-0.2, -0.15) is 0 Å². The third-order valence-electron chi connectivity index (χ3n) is 4.48. The Morgan fingerprint density at radius 2 is 2.08 bits per heavy atom. The predicted molar refractivity (Wildman–Crippen MR) is 95.1 cm³/mol. The van der Waals surface area contributed by atoms with Crippen LogP contribution in [0.3, 0.4) is 0 Å². The van der Waals surface area contributed by atoms with Crippen LogP contribution in [-0.4, -0.2) is 23.5 Å². The van der Waals surface area contributed by atoms with E-state index in [1.54, 1.807) is 18.3 Å². The van der Waals surface area contributed by atoms with Gasteiger partial charge in [0.2, 0.25) is 0 Å². The summed E-state index contributed by atoms with van der Waals surface area (Å²) in [7, 11) is 2.09. The highest BCUT2D eigenvalue weighted by molar-refractivity contribution is 6.00. The summed E-state index contributed by atoms with van der Waals surface area (Å²) < 4.78 is 0. The number of hydrogen-bond donors (Lipinski definition) is 1. The highest BCUT2D eigenvalue weighted by atomic mass is 16.6. The SMILES string of the molecule is CN1CCc2ccc(Nc3ccc([N+](=O)[O-])c4cnccc34)cc21. The zero-order chi connectivity index (χ0) is 16.7. The molecule has 2 aromatic carbocycles. The molecule has 0 unspecified atom stereocenters. The fraction of sp³-hybridized carbons (Fsp3) is 0.167. The lowest BCUT2D eigenvalue weighted by atomic mass is 10.1. The van der Waals surface area contributed by atoms with Gasteiger partial charge in [-0.3, -0.25) is 15.1 Å². The first-order chi connectivity index (χ1) is 11.6. The van der Waals surface area contributed by atoms with E-state index in [1.807, 2.05) is 6.07 Å². The molecule has 4 rings (SSSR count). The molecule has 0 saturated heterocycles. The first-order valence-corrected chi connectivity index (χ1v) is 7.76. The predicted octanol–water partition coefficient (Wildman–Crippen LogP) is 3.88. The van der Waals surface area contributed by atoms with Crippen LogP contribution in [0.4, 0.5) is 22.7 Å². The summed E-state index contributed by atoms with van der Waals surface area (Å²) >= 11 is 0. The third kappa shape index (κ3) is 2.32. The number of nitrogens with one attached hydrogen (secondary N) is 1. The Morgan fingerprint density at radius 3 is 2.92 bits per heavy atom. The van der Waals surface area contributed by atoms with Crippen LogP contribution in [0, 0.1) is 10.1 Å². The van der Waals surface area contributed by atoms with Crippen LogP contribution >= 0.6 is 0 Å². The molecule has 0 spiro atoms. The highest BCUT2D eigenvalue weighted by Gasteiger charge is 2.17. The van der Waals surface area contributed by atoms with Crippen LogP contribution in [0.15, 0.2) is 48.8 Å². The van der Waals surface area contributed by atoms with Crippen LogP contribution < -0.4 is 10.2 Å². The molecule has 1 N–H and O–H groups in total. The van der Waals surface area contributed by atoms with E-state index < -0.39 is 0 Å². The Balaban J connectivity index is 1.77. The smallest absolute Gasteiger partial charge is 0.278 e. The molecule has 2 heterocycles. The van der Waals surface area contributed by atoms with Crippen LogP contribution in [0.1, 0.15) is 5.56 Å². The van der Waals surface area contributed by atoms with Crippen molar-refractivity contribution in [2.45, 2.75) is 6.42 Å². The van der Waals surface area contributed by atoms with E-state index in [0.717, 1.165) is 29.7 Å². The largest absolute Gasteiger partial charge is 0.374 e. The fourth-order valence-electron chi connectivity index (χ4n) is 3.22. The lowest BCUT2D eigenvalue weighted by molar-refractivity contribution is -0.383. The average Bonchev–Trinajstić information content (AvgIpc) is 2.96. The van der Waals surface area contributed by atoms with Gasteiger partial charge >= 0.3 is 0 Å². The van der Waals surface area contributed by atoms with Crippen molar-refractivity contribution in [1.29, 1.82) is 0 Å². The minimum absolute atomic E-state index is 0.0670. The number of fused-ring (bicyclic) bond motifs is 2. The minimum Gasteiger partial charge on any atom is -0.374 e. The summed E-state index contributed by atoms with van der Waals surface area (Å²) in [4.78, 5) is 17.1. The number of likely N-dealkylation sites (N-methyl/N-ethyl adjacent to an activating group) is 1. The van der Waals surface area contributed by atoms with Crippen molar-refractivity contribution in [2.75, 3.05) is 23.8 Å². The maximum atomic E-state index is 11.2. The second-order valence-electron chi connectivity index (χ2n) is 5.95. The molecule has 120 valence electrons. The van der Waals surface area contributed by atoms with Crippen molar-refractivity contribution in [3.8, 4) is 0 Å². The van der Waals surface area contributed by atoms with Gasteiger partial charge in [-0.05, 0) is 36.2 Å². The Bertz CT molecular complexity index is 955. The minimum atomic E-state index is -0.377. The normalized spacial score (nSPS) is 13.1. The summed E-state index contributed by atoms with van der Waals surface area (Å²) in [5, 5.41) is 15.9. The molecule has 0 saturated carbocycles. The molecule has 0 radical (unpaired) electrons. The Morgan fingerprint density at radius 1 is 1.21 bits per heavy atom. The third-order valence-corrected chi connectivity index (χ3v) is 4.48. The zero-order valence-corrected chi connectivity index (χ0v) is 13.2. The maximum absolute atomic E-state index is 11.2. The topological polar surface area (TPSA) is 71.3 Å². The maximum Gasteiger partial charge on any atom is 0.278 e. The monoisotopic (exact) mass is 320 g/mol. The van der Waals surface area contributed by atoms with Crippen molar-refractivity contribution in [3.63, 3.8) is 0 Å². The summed E-state index contributed by atoms with van der Waals surface area (Å²) in [6.45, 7) is 1.03. The van der Waals surface area contributed by atoms with Crippen molar-refractivity contribution in [1.82, 2.24) is 4.98 Å². The van der Waals surface area contributed by atoms with Gasteiger partial charge in [0.15, 0.2) is 0 Å². The second kappa shape index (κ2) is 5.49. The van der Waals surface area contributed by atoms with E-state index in [2.05, 4.69) is 34.4 Å². The standard InChI is InChI=1S/C18H16N4O2/c1-21-9-7-12-2-3-13(10-18(12)21)20-16-4-5-17(22(23)24)15-11-19-8-6-14(15)16/h2-6,8,10-11,20H,7,9H2,1H3. The molecule has 6 heteroatoms. The number of benzene rings is 2. The van der Waals surface area contributed by atoms with E-state index in [0.29, 0.717) is 5.39 Å². The lowest BCUT2D eigenvalue weighted by Gasteiger charge is -2.15. The van der Waals surface area contributed by atoms with Crippen LogP contribution in [0.25, 0.3) is 10.8 Å². The molecular weight excluding hydrogens is 304 g/mol. The molecule has 0 aliphatic carbocycles. The number of nitro benzene ring substituents is 1. The van der Waals surface area contributed by atoms with Crippen molar-refractivity contribution in [2.24, 2.45) is 0 Å².